The van der Waals surface area contributed by atoms with Crippen molar-refractivity contribution in [2.45, 2.75) is 26.1 Å². The Labute approximate surface area is 113 Å². The van der Waals surface area contributed by atoms with Crippen LogP contribution in [0.5, 0.6) is 0 Å². The third-order valence-electron chi connectivity index (χ3n) is 2.63. The highest BCUT2D eigenvalue weighted by Gasteiger charge is 2.30. The summed E-state index contributed by atoms with van der Waals surface area (Å²) in [5.41, 5.74) is -0.148. The van der Waals surface area contributed by atoms with Crippen LogP contribution < -0.4 is 0 Å². The number of halogens is 4. The molecule has 112 valence electrons. The van der Waals surface area contributed by atoms with E-state index in [9.17, 15) is 22.4 Å². The maximum absolute atomic E-state index is 13.2. The van der Waals surface area contributed by atoms with E-state index >= 15 is 0 Å². The Morgan fingerprint density at radius 1 is 1.35 bits per heavy atom. The Morgan fingerprint density at radius 3 is 2.50 bits per heavy atom. The van der Waals surface area contributed by atoms with Crippen LogP contribution in [0, 0.1) is 5.82 Å². The van der Waals surface area contributed by atoms with Crippen LogP contribution in [0.15, 0.2) is 18.2 Å². The molecule has 0 aliphatic carbocycles. The molecule has 0 saturated carbocycles. The van der Waals surface area contributed by atoms with E-state index in [1.807, 2.05) is 0 Å². The van der Waals surface area contributed by atoms with Gasteiger partial charge >= 0.3 is 12.1 Å². The van der Waals surface area contributed by atoms with Gasteiger partial charge < -0.3 is 5.11 Å². The second-order valence-electron chi connectivity index (χ2n) is 4.43. The largest absolute Gasteiger partial charge is 0.478 e. The van der Waals surface area contributed by atoms with Crippen LogP contribution >= 0.6 is 0 Å². The number of alkyl halides is 3. The number of carbonyl (C=O) groups is 1. The third-order valence-corrected chi connectivity index (χ3v) is 2.63. The van der Waals surface area contributed by atoms with Gasteiger partial charge in [0.25, 0.3) is 0 Å². The van der Waals surface area contributed by atoms with Gasteiger partial charge in [-0.2, -0.15) is 13.2 Å². The molecule has 1 aromatic carbocycles. The van der Waals surface area contributed by atoms with Gasteiger partial charge in [-0.25, -0.2) is 9.18 Å². The van der Waals surface area contributed by atoms with Crippen molar-refractivity contribution in [3.63, 3.8) is 0 Å². The minimum Gasteiger partial charge on any atom is -0.478 e. The van der Waals surface area contributed by atoms with Crippen LogP contribution in [-0.2, 0) is 6.54 Å². The lowest BCUT2D eigenvalue weighted by atomic mass is 10.1. The van der Waals surface area contributed by atoms with Gasteiger partial charge in [-0.3, -0.25) is 4.90 Å². The molecule has 0 spiro atoms. The number of nitrogens with zero attached hydrogens (tertiary/aromatic N) is 1. The van der Waals surface area contributed by atoms with Crippen molar-refractivity contribution >= 4 is 5.97 Å². The monoisotopic (exact) mass is 293 g/mol. The maximum atomic E-state index is 13.2. The van der Waals surface area contributed by atoms with E-state index in [1.54, 1.807) is 6.92 Å². The number of carboxylic acid groups (broad SMARTS) is 1. The van der Waals surface area contributed by atoms with Crippen LogP contribution in [0.4, 0.5) is 17.6 Å². The lowest BCUT2D eigenvalue weighted by Gasteiger charge is -2.23. The van der Waals surface area contributed by atoms with Gasteiger partial charge in [0, 0.05) is 6.54 Å². The molecule has 1 rings (SSSR count). The quantitative estimate of drug-likeness (QED) is 0.818. The van der Waals surface area contributed by atoms with Gasteiger partial charge in [-0.1, -0.05) is 6.92 Å². The zero-order valence-electron chi connectivity index (χ0n) is 10.9. The summed E-state index contributed by atoms with van der Waals surface area (Å²) in [6.45, 7) is 0.450. The summed E-state index contributed by atoms with van der Waals surface area (Å²) in [5.74, 6) is -1.96. The fourth-order valence-electron chi connectivity index (χ4n) is 1.93. The predicted molar refractivity (Wildman–Crippen MR) is 65.0 cm³/mol. The van der Waals surface area contributed by atoms with Crippen molar-refractivity contribution in [1.29, 1.82) is 0 Å². The van der Waals surface area contributed by atoms with Gasteiger partial charge in [-0.15, -0.1) is 0 Å². The molecule has 0 aliphatic rings. The summed E-state index contributed by atoms with van der Waals surface area (Å²) in [6, 6.07) is 2.99. The molecule has 1 aromatic rings. The van der Waals surface area contributed by atoms with E-state index in [-0.39, 0.29) is 24.2 Å². The first-order valence-corrected chi connectivity index (χ1v) is 6.03. The summed E-state index contributed by atoms with van der Waals surface area (Å²) < 4.78 is 50.5. The molecule has 0 atom stereocenters. The van der Waals surface area contributed by atoms with Crippen LogP contribution in [0.3, 0.4) is 0 Å². The van der Waals surface area contributed by atoms with Crippen molar-refractivity contribution < 1.29 is 27.5 Å². The highest BCUT2D eigenvalue weighted by Crippen LogP contribution is 2.20. The molecule has 0 aromatic heterocycles. The van der Waals surface area contributed by atoms with Gasteiger partial charge in [0.15, 0.2) is 0 Å². The molecular formula is C13H15F4NO2. The molecule has 7 heteroatoms. The van der Waals surface area contributed by atoms with Crippen molar-refractivity contribution in [2.24, 2.45) is 0 Å². The first-order chi connectivity index (χ1) is 9.23. The van der Waals surface area contributed by atoms with E-state index in [2.05, 4.69) is 0 Å². The van der Waals surface area contributed by atoms with Gasteiger partial charge in [-0.05, 0) is 36.7 Å². The van der Waals surface area contributed by atoms with Crippen molar-refractivity contribution in [3.8, 4) is 0 Å². The Hall–Kier alpha value is -1.63. The third kappa shape index (κ3) is 5.16. The lowest BCUT2D eigenvalue weighted by Crippen LogP contribution is -2.34. The molecule has 0 radical (unpaired) electrons. The molecule has 0 fully saturated rings. The summed E-state index contributed by atoms with van der Waals surface area (Å²) in [4.78, 5) is 12.1. The molecule has 0 unspecified atom stereocenters. The normalized spacial score (nSPS) is 11.9. The smallest absolute Gasteiger partial charge is 0.401 e. The zero-order valence-corrected chi connectivity index (χ0v) is 10.9. The molecule has 3 nitrogen and oxygen atoms in total. The highest BCUT2D eigenvalue weighted by atomic mass is 19.4. The number of hydrogen-bond acceptors (Lipinski definition) is 2. The molecule has 0 aliphatic heterocycles. The molecular weight excluding hydrogens is 278 g/mol. The first kappa shape index (κ1) is 16.4. The summed E-state index contributed by atoms with van der Waals surface area (Å²) in [5, 5.41) is 8.97. The van der Waals surface area contributed by atoms with Crippen molar-refractivity contribution in [3.05, 3.63) is 35.1 Å². The fourth-order valence-corrected chi connectivity index (χ4v) is 1.93. The van der Waals surface area contributed by atoms with Crippen LogP contribution in [-0.4, -0.2) is 35.2 Å². The number of rotatable bonds is 6. The Morgan fingerprint density at radius 2 is 2.00 bits per heavy atom. The number of hydrogen-bond donors (Lipinski definition) is 1. The highest BCUT2D eigenvalue weighted by molar-refractivity contribution is 5.89. The predicted octanol–water partition coefficient (Wildman–Crippen LogP) is 3.30. The minimum atomic E-state index is -4.38. The number of carboxylic acids is 1. The van der Waals surface area contributed by atoms with Gasteiger partial charge in [0.05, 0.1) is 12.1 Å². The Bertz CT molecular complexity index is 474. The fraction of sp³-hybridized carbons (Fsp3) is 0.462. The lowest BCUT2D eigenvalue weighted by molar-refractivity contribution is -0.147. The zero-order chi connectivity index (χ0) is 15.3. The second kappa shape index (κ2) is 6.69. The van der Waals surface area contributed by atoms with E-state index in [0.717, 1.165) is 23.1 Å². The standard InChI is InChI=1S/C13H15F4NO2/c1-2-5-18(8-13(15,16)17)7-9-6-10(14)3-4-11(9)12(19)20/h3-4,6H,2,5,7-8H2,1H3,(H,19,20). The van der Waals surface area contributed by atoms with Crippen LogP contribution in [0.1, 0.15) is 29.3 Å². The van der Waals surface area contributed by atoms with E-state index in [0.29, 0.717) is 6.42 Å². The molecule has 0 heterocycles. The maximum Gasteiger partial charge on any atom is 0.401 e. The minimum absolute atomic E-state index is 0.0372. The average Bonchev–Trinajstić information content (AvgIpc) is 2.26. The SMILES string of the molecule is CCCN(Cc1cc(F)ccc1C(=O)O)CC(F)(F)F. The van der Waals surface area contributed by atoms with Crippen molar-refractivity contribution in [1.82, 2.24) is 4.90 Å². The molecule has 1 N–H and O–H groups in total. The van der Waals surface area contributed by atoms with Gasteiger partial charge in [0.1, 0.15) is 5.82 Å². The number of benzene rings is 1. The topological polar surface area (TPSA) is 40.5 Å². The van der Waals surface area contributed by atoms with Gasteiger partial charge in [0.2, 0.25) is 0 Å². The second-order valence-corrected chi connectivity index (χ2v) is 4.43. The van der Waals surface area contributed by atoms with E-state index < -0.39 is 24.5 Å². The summed E-state index contributed by atoms with van der Waals surface area (Å²) >= 11 is 0. The number of aromatic carboxylic acids is 1. The molecule has 0 saturated heterocycles. The summed E-state index contributed by atoms with van der Waals surface area (Å²) in [7, 11) is 0. The first-order valence-electron chi connectivity index (χ1n) is 6.03. The van der Waals surface area contributed by atoms with Crippen molar-refractivity contribution in [2.75, 3.05) is 13.1 Å². The Kier molecular flexibility index (Phi) is 5.50. The molecule has 0 bridgehead atoms. The Balaban J connectivity index is 2.98. The molecule has 20 heavy (non-hydrogen) atoms. The summed E-state index contributed by atoms with van der Waals surface area (Å²) in [6.07, 6.45) is -3.90. The van der Waals surface area contributed by atoms with Crippen LogP contribution in [0.25, 0.3) is 0 Å². The average molecular weight is 293 g/mol. The molecule has 0 amide bonds. The van der Waals surface area contributed by atoms with E-state index in [4.69, 9.17) is 5.11 Å². The van der Waals surface area contributed by atoms with E-state index in [1.165, 1.54) is 0 Å². The van der Waals surface area contributed by atoms with Crippen LogP contribution in [0.2, 0.25) is 0 Å².